The standard InChI is InChI=1S/C41H31Cl4N3O3/c1-26(27-11-5-2-6-12-27)48-24-31(21-30-17-18-32(42)22-35(30)44)41(49-39(47-51-41)29-15-9-4-10-16-29)40(25-48)37(34-20-19-33(43)23-36(34)45)38(46-50-40)28-13-7-3-8-14-28/h2-23,26,37H,24-25H2,1H3/b31-21+/t26-,37-,40-,41+/m1/s1. The van der Waals surface area contributed by atoms with Gasteiger partial charge in [-0.05, 0) is 71.2 Å². The summed E-state index contributed by atoms with van der Waals surface area (Å²) >= 11 is 26.8. The lowest BCUT2D eigenvalue weighted by atomic mass is 9.68. The Balaban J connectivity index is 1.39. The molecule has 0 N–H and O–H groups in total. The molecule has 10 heteroatoms. The van der Waals surface area contributed by atoms with Crippen LogP contribution in [0.25, 0.3) is 6.08 Å². The third kappa shape index (κ3) is 5.99. The van der Waals surface area contributed by atoms with E-state index in [-0.39, 0.29) is 6.04 Å². The van der Waals surface area contributed by atoms with Crippen LogP contribution in [0.15, 0.2) is 143 Å². The molecule has 0 aliphatic carbocycles. The third-order valence-corrected chi connectivity index (χ3v) is 10.9. The monoisotopic (exact) mass is 753 g/mol. The van der Waals surface area contributed by atoms with E-state index >= 15 is 0 Å². The van der Waals surface area contributed by atoms with Crippen LogP contribution in [0, 0.1) is 0 Å². The molecule has 3 heterocycles. The van der Waals surface area contributed by atoms with Gasteiger partial charge in [0, 0.05) is 49.4 Å². The fourth-order valence-corrected chi connectivity index (χ4v) is 8.25. The molecule has 256 valence electrons. The predicted molar refractivity (Wildman–Crippen MR) is 205 cm³/mol. The van der Waals surface area contributed by atoms with Crippen molar-refractivity contribution in [3.63, 3.8) is 0 Å². The lowest BCUT2D eigenvalue weighted by Crippen LogP contribution is -2.70. The fraction of sp³-hybridized carbons (Fsp3) is 0.171. The van der Waals surface area contributed by atoms with Crippen molar-refractivity contribution in [2.75, 3.05) is 13.1 Å². The Bertz CT molecular complexity index is 2180. The Morgan fingerprint density at radius 1 is 0.725 bits per heavy atom. The number of hydrogen-bond donors (Lipinski definition) is 0. The molecule has 3 aliphatic heterocycles. The second kappa shape index (κ2) is 13.7. The highest BCUT2D eigenvalue weighted by Crippen LogP contribution is 2.58. The van der Waals surface area contributed by atoms with Gasteiger partial charge >= 0.3 is 5.79 Å². The number of likely N-dealkylation sites (tertiary alicyclic amines) is 1. The van der Waals surface area contributed by atoms with Crippen LogP contribution < -0.4 is 0 Å². The molecule has 0 radical (unpaired) electrons. The number of oxime groups is 2. The number of nitrogens with zero attached hydrogens (tertiary/aromatic N) is 3. The minimum absolute atomic E-state index is 0.0638. The maximum absolute atomic E-state index is 7.12. The zero-order valence-corrected chi connectivity index (χ0v) is 30.4. The number of fused-ring (bicyclic) bond motifs is 1. The molecule has 0 amide bonds. The van der Waals surface area contributed by atoms with Gasteiger partial charge in [0.05, 0.1) is 18.2 Å². The molecular formula is C41H31Cl4N3O3. The molecule has 51 heavy (non-hydrogen) atoms. The first kappa shape index (κ1) is 33.8. The van der Waals surface area contributed by atoms with Crippen molar-refractivity contribution in [2.45, 2.75) is 30.3 Å². The van der Waals surface area contributed by atoms with Gasteiger partial charge in [0.15, 0.2) is 0 Å². The summed E-state index contributed by atoms with van der Waals surface area (Å²) in [4.78, 5) is 15.9. The molecule has 2 spiro atoms. The van der Waals surface area contributed by atoms with Crippen molar-refractivity contribution in [3.05, 3.63) is 181 Å². The van der Waals surface area contributed by atoms with E-state index < -0.39 is 17.3 Å². The van der Waals surface area contributed by atoms with E-state index in [2.05, 4.69) is 29.1 Å². The number of rotatable bonds is 6. The molecule has 5 aromatic carbocycles. The molecular weight excluding hydrogens is 724 g/mol. The smallest absolute Gasteiger partial charge is 0.346 e. The summed E-state index contributed by atoms with van der Waals surface area (Å²) in [5.41, 5.74) is 4.21. The topological polar surface area (TPSA) is 55.7 Å². The highest BCUT2D eigenvalue weighted by Gasteiger charge is 2.74. The highest BCUT2D eigenvalue weighted by molar-refractivity contribution is 6.36. The van der Waals surface area contributed by atoms with Gasteiger partial charge in [-0.15, -0.1) is 0 Å². The molecule has 5 aromatic rings. The zero-order valence-electron chi connectivity index (χ0n) is 27.3. The summed E-state index contributed by atoms with van der Waals surface area (Å²) in [7, 11) is 0. The van der Waals surface area contributed by atoms with Gasteiger partial charge in [0.25, 0.3) is 5.90 Å². The number of piperidine rings is 1. The molecule has 0 aromatic heterocycles. The largest absolute Gasteiger partial charge is 0.422 e. The number of halogens is 4. The maximum Gasteiger partial charge on any atom is 0.346 e. The first-order valence-electron chi connectivity index (χ1n) is 16.5. The molecule has 6 nitrogen and oxygen atoms in total. The van der Waals surface area contributed by atoms with Crippen molar-refractivity contribution in [3.8, 4) is 0 Å². The lowest BCUT2D eigenvalue weighted by molar-refractivity contribution is -0.279. The summed E-state index contributed by atoms with van der Waals surface area (Å²) in [6.45, 7) is 2.91. The van der Waals surface area contributed by atoms with Gasteiger partial charge in [-0.1, -0.05) is 143 Å². The first-order valence-corrected chi connectivity index (χ1v) is 18.0. The van der Waals surface area contributed by atoms with Crippen molar-refractivity contribution in [1.82, 2.24) is 4.90 Å². The van der Waals surface area contributed by atoms with Crippen molar-refractivity contribution >= 4 is 64.1 Å². The molecule has 0 saturated carbocycles. The molecule has 8 rings (SSSR count). The summed E-state index contributed by atoms with van der Waals surface area (Å²) in [6, 6.07) is 40.7. The molecule has 3 aliphatic rings. The Labute approximate surface area is 316 Å². The summed E-state index contributed by atoms with van der Waals surface area (Å²) in [5, 5.41) is 11.5. The average molecular weight is 756 g/mol. The Hall–Kier alpha value is -4.30. The Morgan fingerprint density at radius 2 is 1.35 bits per heavy atom. The van der Waals surface area contributed by atoms with Crippen LogP contribution >= 0.6 is 46.4 Å². The summed E-state index contributed by atoms with van der Waals surface area (Å²) in [6.07, 6.45) is 1.98. The Morgan fingerprint density at radius 3 is 2.02 bits per heavy atom. The van der Waals surface area contributed by atoms with Crippen LogP contribution in [-0.4, -0.2) is 41.0 Å². The lowest BCUT2D eigenvalue weighted by Gasteiger charge is -2.52. The van der Waals surface area contributed by atoms with Crippen LogP contribution in [0.3, 0.4) is 0 Å². The van der Waals surface area contributed by atoms with Gasteiger partial charge < -0.3 is 14.4 Å². The molecule has 0 bridgehead atoms. The van der Waals surface area contributed by atoms with E-state index in [1.165, 1.54) is 0 Å². The van der Waals surface area contributed by atoms with Gasteiger partial charge in [-0.2, -0.15) is 0 Å². The highest BCUT2D eigenvalue weighted by atomic mass is 35.5. The van der Waals surface area contributed by atoms with Crippen molar-refractivity contribution in [1.29, 1.82) is 0 Å². The first-order chi connectivity index (χ1) is 24.8. The van der Waals surface area contributed by atoms with Gasteiger partial charge in [-0.25, -0.2) is 0 Å². The van der Waals surface area contributed by atoms with E-state index in [9.17, 15) is 0 Å². The van der Waals surface area contributed by atoms with Gasteiger partial charge in [-0.3, -0.25) is 4.90 Å². The minimum atomic E-state index is -1.64. The van der Waals surface area contributed by atoms with Crippen molar-refractivity contribution < 1.29 is 14.4 Å². The predicted octanol–water partition coefficient (Wildman–Crippen LogP) is 10.8. The van der Waals surface area contributed by atoms with Gasteiger partial charge in [0.2, 0.25) is 5.60 Å². The number of benzene rings is 5. The molecule has 1 saturated heterocycles. The third-order valence-electron chi connectivity index (χ3n) is 9.82. The molecule has 0 unspecified atom stereocenters. The normalized spacial score (nSPS) is 24.2. The van der Waals surface area contributed by atoms with E-state index in [0.717, 1.165) is 33.4 Å². The Kier molecular flexibility index (Phi) is 9.07. The summed E-state index contributed by atoms with van der Waals surface area (Å²) in [5.74, 6) is -1.95. The minimum Gasteiger partial charge on any atom is -0.422 e. The van der Waals surface area contributed by atoms with E-state index in [4.69, 9.17) is 66.0 Å². The van der Waals surface area contributed by atoms with Crippen LogP contribution in [-0.2, 0) is 14.4 Å². The average Bonchev–Trinajstić information content (AvgIpc) is 3.76. The van der Waals surface area contributed by atoms with Crippen LogP contribution in [0.2, 0.25) is 20.1 Å². The van der Waals surface area contributed by atoms with E-state index in [1.807, 2.05) is 103 Å². The molecule has 1 fully saturated rings. The van der Waals surface area contributed by atoms with Crippen LogP contribution in [0.1, 0.15) is 46.7 Å². The number of hydrogen-bond acceptors (Lipinski definition) is 6. The SMILES string of the molecule is C[C@H](c1ccccc1)N1C/C(=C\c2ccc(Cl)cc2Cl)[C@]2(ON=C(c3ccccc3)O2)[C@]2(C1)ON=C(c1ccccc1)[C@H]2c1ccc(Cl)cc1Cl. The molecule has 4 atom stereocenters. The van der Waals surface area contributed by atoms with Crippen molar-refractivity contribution in [2.24, 2.45) is 10.3 Å². The van der Waals surface area contributed by atoms with Crippen LogP contribution in [0.5, 0.6) is 0 Å². The van der Waals surface area contributed by atoms with E-state index in [1.54, 1.807) is 18.2 Å². The van der Waals surface area contributed by atoms with Crippen LogP contribution in [0.4, 0.5) is 0 Å². The fourth-order valence-electron chi connectivity index (χ4n) is 7.27. The second-order valence-electron chi connectivity index (χ2n) is 12.8. The zero-order chi connectivity index (χ0) is 35.2. The number of ether oxygens (including phenoxy) is 1. The van der Waals surface area contributed by atoms with Gasteiger partial charge in [0.1, 0.15) is 0 Å². The quantitative estimate of drug-likeness (QED) is 0.173. The van der Waals surface area contributed by atoms with E-state index in [0.29, 0.717) is 44.8 Å². The second-order valence-corrected chi connectivity index (χ2v) is 14.5. The summed E-state index contributed by atoms with van der Waals surface area (Å²) < 4.78 is 7.09. The maximum atomic E-state index is 7.12.